The first kappa shape index (κ1) is 21.3. The van der Waals surface area contributed by atoms with Gasteiger partial charge in [-0.05, 0) is 81.0 Å². The first-order valence-corrected chi connectivity index (χ1v) is 11.7. The highest BCUT2D eigenvalue weighted by Crippen LogP contribution is 2.36. The maximum Gasteiger partial charge on any atom is 0.243 e. The van der Waals surface area contributed by atoms with E-state index in [1.54, 1.807) is 35.6 Å². The van der Waals surface area contributed by atoms with Crippen LogP contribution in [0.5, 0.6) is 0 Å². The van der Waals surface area contributed by atoms with E-state index in [1.807, 2.05) is 7.05 Å². The molecule has 1 aliphatic carbocycles. The van der Waals surface area contributed by atoms with Crippen LogP contribution in [0.2, 0.25) is 5.02 Å². The van der Waals surface area contributed by atoms with Crippen LogP contribution < -0.4 is 5.32 Å². The molecule has 0 heterocycles. The number of sulfonamides is 1. The Morgan fingerprint density at radius 2 is 1.57 bits per heavy atom. The van der Waals surface area contributed by atoms with Crippen molar-refractivity contribution in [3.05, 3.63) is 64.7 Å². The van der Waals surface area contributed by atoms with Gasteiger partial charge >= 0.3 is 0 Å². The molecule has 1 fully saturated rings. The molecule has 0 saturated heterocycles. The van der Waals surface area contributed by atoms with Crippen LogP contribution in [0.4, 0.5) is 0 Å². The van der Waals surface area contributed by atoms with E-state index in [1.165, 1.54) is 11.1 Å². The molecule has 1 aliphatic rings. The lowest BCUT2D eigenvalue weighted by molar-refractivity contribution is 0.268. The average molecular weight is 421 g/mol. The third-order valence-corrected chi connectivity index (χ3v) is 8.22. The zero-order valence-electron chi connectivity index (χ0n) is 16.7. The van der Waals surface area contributed by atoms with Crippen LogP contribution in [0.3, 0.4) is 0 Å². The number of rotatable bonds is 6. The molecule has 0 spiro atoms. The molecular formula is C22H29ClN2O2S. The van der Waals surface area contributed by atoms with Crippen molar-refractivity contribution in [3.63, 3.8) is 0 Å². The van der Waals surface area contributed by atoms with Gasteiger partial charge in [0.2, 0.25) is 10.0 Å². The Labute approximate surface area is 174 Å². The minimum Gasteiger partial charge on any atom is -0.313 e. The van der Waals surface area contributed by atoms with Gasteiger partial charge in [0, 0.05) is 24.2 Å². The van der Waals surface area contributed by atoms with Crippen molar-refractivity contribution in [2.75, 3.05) is 14.1 Å². The number of nitrogens with one attached hydrogen (secondary N) is 1. The highest BCUT2D eigenvalue weighted by atomic mass is 35.5. The molecule has 4 nitrogen and oxygen atoms in total. The molecule has 1 saturated carbocycles. The lowest BCUT2D eigenvalue weighted by Gasteiger charge is -2.34. The van der Waals surface area contributed by atoms with Gasteiger partial charge in [0.25, 0.3) is 0 Å². The molecule has 2 aromatic rings. The molecule has 0 aliphatic heterocycles. The first-order chi connectivity index (χ1) is 13.3. The Balaban J connectivity index is 1.63. The molecule has 0 amide bonds. The van der Waals surface area contributed by atoms with E-state index in [4.69, 9.17) is 11.6 Å². The van der Waals surface area contributed by atoms with E-state index in [0.29, 0.717) is 21.9 Å². The first-order valence-electron chi connectivity index (χ1n) is 9.83. The summed E-state index contributed by atoms with van der Waals surface area (Å²) >= 11 is 5.89. The highest BCUT2D eigenvalue weighted by Gasteiger charge is 2.31. The Morgan fingerprint density at radius 1 is 1.00 bits per heavy atom. The van der Waals surface area contributed by atoms with Gasteiger partial charge in [-0.25, -0.2) is 8.42 Å². The van der Waals surface area contributed by atoms with Gasteiger partial charge < -0.3 is 5.32 Å². The van der Waals surface area contributed by atoms with E-state index in [2.05, 4.69) is 36.5 Å². The summed E-state index contributed by atoms with van der Waals surface area (Å²) in [6.45, 7) is 2.15. The minimum atomic E-state index is -3.49. The van der Waals surface area contributed by atoms with Gasteiger partial charge in [0.15, 0.2) is 0 Å². The summed E-state index contributed by atoms with van der Waals surface area (Å²) in [7, 11) is 0.176. The standard InChI is InChI=1S/C22H29ClN2O2S/c1-16(24-2)17-4-6-18(7-5-17)19-8-12-21(13-9-19)25(3)28(26,27)22-14-10-20(23)11-15-22/h4-7,10-11,14-16,19,21,24H,8-9,12-13H2,1-3H3/t16?,19-,21-. The van der Waals surface area contributed by atoms with Crippen LogP contribution in [0.1, 0.15) is 55.7 Å². The Bertz CT molecular complexity index is 874. The molecule has 0 bridgehead atoms. The molecule has 152 valence electrons. The van der Waals surface area contributed by atoms with Crippen molar-refractivity contribution in [2.45, 2.75) is 55.5 Å². The molecule has 1 N–H and O–H groups in total. The molecule has 0 aromatic heterocycles. The molecular weight excluding hydrogens is 392 g/mol. The summed E-state index contributed by atoms with van der Waals surface area (Å²) in [5.74, 6) is 0.502. The van der Waals surface area contributed by atoms with Crippen molar-refractivity contribution in [3.8, 4) is 0 Å². The lowest BCUT2D eigenvalue weighted by atomic mass is 9.81. The quantitative estimate of drug-likeness (QED) is 0.717. The number of nitrogens with zero attached hydrogens (tertiary/aromatic N) is 1. The highest BCUT2D eigenvalue weighted by molar-refractivity contribution is 7.89. The van der Waals surface area contributed by atoms with Gasteiger partial charge in [-0.1, -0.05) is 35.9 Å². The number of hydrogen-bond acceptors (Lipinski definition) is 3. The maximum absolute atomic E-state index is 12.9. The monoisotopic (exact) mass is 420 g/mol. The maximum atomic E-state index is 12.9. The smallest absolute Gasteiger partial charge is 0.243 e. The van der Waals surface area contributed by atoms with Crippen molar-refractivity contribution < 1.29 is 8.42 Å². The Morgan fingerprint density at radius 3 is 2.11 bits per heavy atom. The summed E-state index contributed by atoms with van der Waals surface area (Å²) in [5.41, 5.74) is 2.64. The van der Waals surface area contributed by atoms with Gasteiger partial charge in [-0.15, -0.1) is 0 Å². The van der Waals surface area contributed by atoms with Gasteiger partial charge in [0.1, 0.15) is 0 Å². The molecule has 1 unspecified atom stereocenters. The fourth-order valence-electron chi connectivity index (χ4n) is 3.97. The predicted molar refractivity (Wildman–Crippen MR) is 115 cm³/mol. The fraction of sp³-hybridized carbons (Fsp3) is 0.455. The summed E-state index contributed by atoms with van der Waals surface area (Å²) in [4.78, 5) is 0.302. The van der Waals surface area contributed by atoms with Crippen LogP contribution in [0.25, 0.3) is 0 Å². The van der Waals surface area contributed by atoms with E-state index in [0.717, 1.165) is 25.7 Å². The summed E-state index contributed by atoms with van der Waals surface area (Å²) in [6.07, 6.45) is 3.77. The van der Waals surface area contributed by atoms with E-state index < -0.39 is 10.0 Å². The molecule has 0 radical (unpaired) electrons. The molecule has 3 rings (SSSR count). The largest absolute Gasteiger partial charge is 0.313 e. The predicted octanol–water partition coefficient (Wildman–Crippen LogP) is 4.97. The van der Waals surface area contributed by atoms with Crippen LogP contribution >= 0.6 is 11.6 Å². The number of halogens is 1. The van der Waals surface area contributed by atoms with E-state index in [9.17, 15) is 8.42 Å². The zero-order valence-corrected chi connectivity index (χ0v) is 18.3. The molecule has 28 heavy (non-hydrogen) atoms. The Hall–Kier alpha value is -1.40. The SMILES string of the molecule is CNC(C)c1ccc([C@H]2CC[C@H](N(C)S(=O)(=O)c3ccc(Cl)cc3)CC2)cc1. The van der Waals surface area contributed by atoms with Crippen molar-refractivity contribution in [2.24, 2.45) is 0 Å². The van der Waals surface area contributed by atoms with Crippen LogP contribution in [-0.2, 0) is 10.0 Å². The van der Waals surface area contributed by atoms with Gasteiger partial charge in [0.05, 0.1) is 4.90 Å². The lowest BCUT2D eigenvalue weighted by Crippen LogP contribution is -2.39. The van der Waals surface area contributed by atoms with Gasteiger partial charge in [-0.3, -0.25) is 0 Å². The normalized spacial score (nSPS) is 21.6. The van der Waals surface area contributed by atoms with Crippen molar-refractivity contribution in [1.82, 2.24) is 9.62 Å². The summed E-state index contributed by atoms with van der Waals surface area (Å²) < 4.78 is 27.3. The van der Waals surface area contributed by atoms with Crippen LogP contribution in [-0.4, -0.2) is 32.9 Å². The minimum absolute atomic E-state index is 0.0421. The second-order valence-corrected chi connectivity index (χ2v) is 10.1. The van der Waals surface area contributed by atoms with Crippen LogP contribution in [0.15, 0.2) is 53.4 Å². The van der Waals surface area contributed by atoms with E-state index >= 15 is 0 Å². The second kappa shape index (κ2) is 8.95. The van der Waals surface area contributed by atoms with E-state index in [-0.39, 0.29) is 6.04 Å². The van der Waals surface area contributed by atoms with Crippen LogP contribution in [0, 0.1) is 0 Å². The number of hydrogen-bond donors (Lipinski definition) is 1. The topological polar surface area (TPSA) is 49.4 Å². The zero-order chi connectivity index (χ0) is 20.3. The second-order valence-electron chi connectivity index (χ2n) is 7.66. The van der Waals surface area contributed by atoms with Gasteiger partial charge in [-0.2, -0.15) is 4.31 Å². The molecule has 6 heteroatoms. The van der Waals surface area contributed by atoms with Crippen molar-refractivity contribution in [1.29, 1.82) is 0 Å². The summed E-state index contributed by atoms with van der Waals surface area (Å²) in [6, 6.07) is 15.6. The van der Waals surface area contributed by atoms with Crippen molar-refractivity contribution >= 4 is 21.6 Å². The molecule has 1 atom stereocenters. The number of benzene rings is 2. The Kier molecular flexibility index (Phi) is 6.81. The average Bonchev–Trinajstić information content (AvgIpc) is 2.73. The third kappa shape index (κ3) is 4.60. The fourth-order valence-corrected chi connectivity index (χ4v) is 5.51. The molecule has 2 aromatic carbocycles. The summed E-state index contributed by atoms with van der Waals surface area (Å²) in [5, 5.41) is 3.80. The third-order valence-electron chi connectivity index (χ3n) is 6.04.